The number of nitrogens with one attached hydrogen (secondary N) is 3. The molecule has 1 fully saturated rings. The van der Waals surface area contributed by atoms with Crippen molar-refractivity contribution in [2.24, 2.45) is 0 Å². The first-order valence-electron chi connectivity index (χ1n) is 5.01. The number of alkyl carbamates (subject to hydrolysis) is 1. The van der Waals surface area contributed by atoms with Crippen LogP contribution in [0.25, 0.3) is 0 Å². The van der Waals surface area contributed by atoms with Gasteiger partial charge in [0.25, 0.3) is 5.91 Å². The van der Waals surface area contributed by atoms with E-state index < -0.39 is 17.7 Å². The summed E-state index contributed by atoms with van der Waals surface area (Å²) in [5.41, 5.74) is -0.868. The molecule has 0 radical (unpaired) electrons. The summed E-state index contributed by atoms with van der Waals surface area (Å²) in [5, 5.41) is 7.26. The molecule has 0 aliphatic carbocycles. The molecule has 4 amide bonds. The van der Waals surface area contributed by atoms with Crippen LogP contribution in [0.1, 0.15) is 6.92 Å². The Kier molecular flexibility index (Phi) is 4.62. The van der Waals surface area contributed by atoms with Crippen molar-refractivity contribution >= 4 is 29.8 Å². The topological polar surface area (TPSA) is 96.5 Å². The zero-order valence-electron chi connectivity index (χ0n) is 9.66. The number of rotatable bonds is 5. The van der Waals surface area contributed by atoms with Crippen LogP contribution in [-0.4, -0.2) is 48.7 Å². The molecule has 0 aromatic rings. The largest absolute Gasteiger partial charge is 0.453 e. The number of amides is 4. The summed E-state index contributed by atoms with van der Waals surface area (Å²) in [6.07, 6.45) is -0.483. The number of hydrogen-bond acceptors (Lipinski definition) is 5. The molecule has 0 spiro atoms. The Labute approximate surface area is 103 Å². The summed E-state index contributed by atoms with van der Waals surface area (Å²) in [5.74, 6) is 0.761. The highest BCUT2D eigenvalue weighted by Gasteiger charge is 2.41. The van der Waals surface area contributed by atoms with Crippen molar-refractivity contribution < 1.29 is 19.1 Å². The number of carbonyl (C=O) groups excluding carboxylic acids is 3. The zero-order valence-corrected chi connectivity index (χ0v) is 10.5. The lowest BCUT2D eigenvalue weighted by Gasteiger charge is -2.19. The van der Waals surface area contributed by atoms with Gasteiger partial charge in [-0.2, -0.15) is 11.8 Å². The SMILES string of the molecule is COC(=O)NCCSCC1(C)NC(=O)NC1=O. The molecule has 1 aliphatic heterocycles. The molecule has 1 atom stereocenters. The molecule has 0 saturated carbocycles. The first kappa shape index (κ1) is 13.6. The Hall–Kier alpha value is -1.44. The fourth-order valence-corrected chi connectivity index (χ4v) is 2.26. The molecule has 0 aromatic carbocycles. The second-order valence-electron chi connectivity index (χ2n) is 3.71. The van der Waals surface area contributed by atoms with E-state index in [0.717, 1.165) is 0 Å². The van der Waals surface area contributed by atoms with E-state index in [0.29, 0.717) is 18.1 Å². The number of carbonyl (C=O) groups is 3. The van der Waals surface area contributed by atoms with Gasteiger partial charge in [0.2, 0.25) is 0 Å². The van der Waals surface area contributed by atoms with Crippen molar-refractivity contribution in [2.45, 2.75) is 12.5 Å². The Morgan fingerprint density at radius 1 is 1.53 bits per heavy atom. The van der Waals surface area contributed by atoms with Crippen LogP contribution in [0.2, 0.25) is 0 Å². The van der Waals surface area contributed by atoms with Gasteiger partial charge >= 0.3 is 12.1 Å². The second kappa shape index (κ2) is 5.76. The number of hydrogen-bond donors (Lipinski definition) is 3. The van der Waals surface area contributed by atoms with E-state index in [9.17, 15) is 14.4 Å². The number of methoxy groups -OCH3 is 1. The molecule has 3 N–H and O–H groups in total. The maximum Gasteiger partial charge on any atom is 0.406 e. The van der Waals surface area contributed by atoms with Crippen molar-refractivity contribution in [1.82, 2.24) is 16.0 Å². The first-order chi connectivity index (χ1) is 7.98. The molecule has 7 nitrogen and oxygen atoms in total. The Bertz CT molecular complexity index is 336. The molecule has 0 bridgehead atoms. The van der Waals surface area contributed by atoms with Crippen molar-refractivity contribution in [2.75, 3.05) is 25.2 Å². The molecular weight excluding hydrogens is 246 g/mol. The molecular formula is C9H15N3O4S. The number of imide groups is 1. The van der Waals surface area contributed by atoms with Crippen molar-refractivity contribution in [1.29, 1.82) is 0 Å². The molecule has 8 heteroatoms. The fraction of sp³-hybridized carbons (Fsp3) is 0.667. The lowest BCUT2D eigenvalue weighted by atomic mass is 10.1. The van der Waals surface area contributed by atoms with E-state index in [-0.39, 0.29) is 5.91 Å². The van der Waals surface area contributed by atoms with E-state index in [4.69, 9.17) is 0 Å². The van der Waals surface area contributed by atoms with Gasteiger partial charge in [-0.05, 0) is 6.92 Å². The molecule has 1 unspecified atom stereocenters. The highest BCUT2D eigenvalue weighted by Crippen LogP contribution is 2.16. The third kappa shape index (κ3) is 3.81. The van der Waals surface area contributed by atoms with Crippen LogP contribution in [0.4, 0.5) is 9.59 Å². The maximum absolute atomic E-state index is 11.4. The smallest absolute Gasteiger partial charge is 0.406 e. The predicted octanol–water partition coefficient (Wildman–Crippen LogP) is -0.326. The molecule has 1 saturated heterocycles. The van der Waals surface area contributed by atoms with Crippen LogP contribution in [0, 0.1) is 0 Å². The lowest BCUT2D eigenvalue weighted by molar-refractivity contribution is -0.122. The van der Waals surface area contributed by atoms with Gasteiger partial charge in [-0.15, -0.1) is 0 Å². The minimum Gasteiger partial charge on any atom is -0.453 e. The van der Waals surface area contributed by atoms with Crippen LogP contribution in [0.3, 0.4) is 0 Å². The monoisotopic (exact) mass is 261 g/mol. The van der Waals surface area contributed by atoms with E-state index in [1.807, 2.05) is 0 Å². The maximum atomic E-state index is 11.4. The lowest BCUT2D eigenvalue weighted by Crippen LogP contribution is -2.46. The first-order valence-corrected chi connectivity index (χ1v) is 6.16. The standard InChI is InChI=1S/C9H15N3O4S/c1-9(6(13)11-7(14)12-9)5-17-4-3-10-8(15)16-2/h3-5H2,1-2H3,(H,10,15)(H2,11,12,13,14). The van der Waals surface area contributed by atoms with Crippen LogP contribution in [0.15, 0.2) is 0 Å². The van der Waals surface area contributed by atoms with Gasteiger partial charge in [0.05, 0.1) is 7.11 Å². The van der Waals surface area contributed by atoms with Gasteiger partial charge in [0.15, 0.2) is 0 Å². The number of urea groups is 1. The average molecular weight is 261 g/mol. The van der Waals surface area contributed by atoms with Crippen LogP contribution < -0.4 is 16.0 Å². The van der Waals surface area contributed by atoms with Crippen molar-refractivity contribution in [3.8, 4) is 0 Å². The van der Waals surface area contributed by atoms with Gasteiger partial charge in [0.1, 0.15) is 5.54 Å². The molecule has 1 aliphatic rings. The van der Waals surface area contributed by atoms with Crippen LogP contribution in [0.5, 0.6) is 0 Å². The van der Waals surface area contributed by atoms with Crippen LogP contribution in [-0.2, 0) is 9.53 Å². The molecule has 1 heterocycles. The second-order valence-corrected chi connectivity index (χ2v) is 4.82. The van der Waals surface area contributed by atoms with E-state index in [1.54, 1.807) is 6.92 Å². The van der Waals surface area contributed by atoms with Gasteiger partial charge in [-0.1, -0.05) is 0 Å². The third-order valence-electron chi connectivity index (χ3n) is 2.21. The van der Waals surface area contributed by atoms with Crippen molar-refractivity contribution in [3.05, 3.63) is 0 Å². The van der Waals surface area contributed by atoms with E-state index in [1.165, 1.54) is 18.9 Å². The van der Waals surface area contributed by atoms with E-state index in [2.05, 4.69) is 20.7 Å². The average Bonchev–Trinajstić information content (AvgIpc) is 2.52. The zero-order chi connectivity index (χ0) is 12.9. The summed E-state index contributed by atoms with van der Waals surface area (Å²) in [6.45, 7) is 2.11. The van der Waals surface area contributed by atoms with Crippen LogP contribution >= 0.6 is 11.8 Å². The molecule has 96 valence electrons. The summed E-state index contributed by atoms with van der Waals surface area (Å²) < 4.78 is 4.40. The quantitative estimate of drug-likeness (QED) is 0.465. The van der Waals surface area contributed by atoms with Gasteiger partial charge < -0.3 is 15.4 Å². The van der Waals surface area contributed by atoms with Crippen molar-refractivity contribution in [3.63, 3.8) is 0 Å². The molecule has 17 heavy (non-hydrogen) atoms. The van der Waals surface area contributed by atoms with E-state index >= 15 is 0 Å². The Balaban J connectivity index is 2.20. The highest BCUT2D eigenvalue weighted by molar-refractivity contribution is 7.99. The normalized spacial score (nSPS) is 22.9. The highest BCUT2D eigenvalue weighted by atomic mass is 32.2. The minimum absolute atomic E-state index is 0.323. The summed E-state index contributed by atoms with van der Waals surface area (Å²) in [7, 11) is 1.29. The summed E-state index contributed by atoms with van der Waals surface area (Å²) in [6, 6.07) is -0.467. The minimum atomic E-state index is -0.868. The summed E-state index contributed by atoms with van der Waals surface area (Å²) in [4.78, 5) is 33.1. The molecule has 1 rings (SSSR count). The Morgan fingerprint density at radius 2 is 2.24 bits per heavy atom. The number of ether oxygens (including phenoxy) is 1. The predicted molar refractivity (Wildman–Crippen MR) is 62.8 cm³/mol. The third-order valence-corrected chi connectivity index (χ3v) is 3.48. The summed E-state index contributed by atoms with van der Waals surface area (Å²) >= 11 is 1.46. The molecule has 0 aromatic heterocycles. The van der Waals surface area contributed by atoms with Gasteiger partial charge in [0, 0.05) is 18.1 Å². The van der Waals surface area contributed by atoms with Gasteiger partial charge in [-0.3, -0.25) is 10.1 Å². The van der Waals surface area contributed by atoms with Gasteiger partial charge in [-0.25, -0.2) is 9.59 Å². The fourth-order valence-electron chi connectivity index (χ4n) is 1.26. The Morgan fingerprint density at radius 3 is 2.76 bits per heavy atom. The number of thioether (sulfide) groups is 1.